The quantitative estimate of drug-likeness (QED) is 0.215. The number of benzene rings is 2. The van der Waals surface area contributed by atoms with Gasteiger partial charge >= 0.3 is 0 Å². The van der Waals surface area contributed by atoms with E-state index in [9.17, 15) is 18.0 Å². The van der Waals surface area contributed by atoms with Crippen LogP contribution in [0.2, 0.25) is 0 Å². The minimum atomic E-state index is -3.87. The maximum atomic E-state index is 13.9. The standard InChI is InChI=1S/C37H41N9O5S/c1-24(2)51-32-12-9-28(20-38-32)34-30-19-29(10-11-31(30)41-42-34)40-36(48)37(52(4,49)50)15-18-45(22-37)21-33(47)46-16-13-26(14-17-46)25-5-7-27(8-6-25)35-39-23-44(3)43-35/h5-13,19-20,23-24H,14-18,21-22H2,1-4H3,(H,40,48)(H,41,42)/t37-/m0/s1. The highest BCUT2D eigenvalue weighted by molar-refractivity contribution is 7.93. The molecule has 270 valence electrons. The Morgan fingerprint density at radius 2 is 1.79 bits per heavy atom. The molecule has 2 amide bonds. The molecular weight excluding hydrogens is 683 g/mol. The molecule has 0 saturated carbocycles. The predicted molar refractivity (Wildman–Crippen MR) is 198 cm³/mol. The molecule has 5 aromatic rings. The van der Waals surface area contributed by atoms with Gasteiger partial charge in [-0.25, -0.2) is 18.4 Å². The Hall–Kier alpha value is -5.41. The molecule has 15 heteroatoms. The van der Waals surface area contributed by atoms with Crippen molar-refractivity contribution in [1.82, 2.24) is 39.7 Å². The van der Waals surface area contributed by atoms with E-state index in [4.69, 9.17) is 4.74 Å². The van der Waals surface area contributed by atoms with Gasteiger partial charge in [-0.3, -0.25) is 24.3 Å². The number of nitrogens with zero attached hydrogens (tertiary/aromatic N) is 7. The van der Waals surface area contributed by atoms with E-state index in [1.807, 2.05) is 51.2 Å². The molecule has 2 aromatic carbocycles. The number of hydrogen-bond acceptors (Lipinski definition) is 10. The van der Waals surface area contributed by atoms with Crippen LogP contribution in [0, 0.1) is 0 Å². The number of pyridine rings is 1. The van der Waals surface area contributed by atoms with Crippen molar-refractivity contribution in [2.45, 2.75) is 37.5 Å². The largest absolute Gasteiger partial charge is 0.475 e. The van der Waals surface area contributed by atoms with Gasteiger partial charge in [-0.2, -0.15) is 10.2 Å². The third kappa shape index (κ3) is 7.05. The molecule has 7 rings (SSSR count). The maximum Gasteiger partial charge on any atom is 0.247 e. The van der Waals surface area contributed by atoms with E-state index in [0.29, 0.717) is 49.1 Å². The van der Waals surface area contributed by atoms with Crippen molar-refractivity contribution in [3.63, 3.8) is 0 Å². The summed E-state index contributed by atoms with van der Waals surface area (Å²) in [5.41, 5.74) is 5.74. The van der Waals surface area contributed by atoms with Gasteiger partial charge in [-0.1, -0.05) is 30.3 Å². The van der Waals surface area contributed by atoms with E-state index in [1.165, 1.54) is 0 Å². The SMILES string of the molecule is CC(C)Oc1ccc(-c2n[nH]c3ccc(NC(=O)[C@]4(S(C)(=O)=O)CCN(CC(=O)N5CC=C(c6ccc(-c7ncn(C)n7)cc6)CC5)C4)cc23)cn1. The van der Waals surface area contributed by atoms with E-state index in [0.717, 1.165) is 39.4 Å². The molecule has 1 saturated heterocycles. The number of aryl methyl sites for hydroxylation is 1. The van der Waals surface area contributed by atoms with Gasteiger partial charge in [0.1, 0.15) is 12.0 Å². The van der Waals surface area contributed by atoms with Crippen LogP contribution >= 0.6 is 0 Å². The average Bonchev–Trinajstić information content (AvgIpc) is 3.87. The number of hydrogen-bond donors (Lipinski definition) is 2. The monoisotopic (exact) mass is 723 g/mol. The van der Waals surface area contributed by atoms with Crippen molar-refractivity contribution in [3.8, 4) is 28.5 Å². The van der Waals surface area contributed by atoms with Crippen LogP contribution in [0.15, 0.2) is 73.2 Å². The van der Waals surface area contributed by atoms with E-state index in [2.05, 4.69) is 36.7 Å². The smallest absolute Gasteiger partial charge is 0.247 e. The van der Waals surface area contributed by atoms with Crippen LogP contribution in [-0.4, -0.2) is 110 Å². The summed E-state index contributed by atoms with van der Waals surface area (Å²) in [5.74, 6) is 0.444. The van der Waals surface area contributed by atoms with Crippen LogP contribution in [-0.2, 0) is 26.5 Å². The first kappa shape index (κ1) is 35.0. The first-order chi connectivity index (χ1) is 24.9. The molecule has 0 unspecified atom stereocenters. The van der Waals surface area contributed by atoms with E-state index < -0.39 is 20.5 Å². The lowest BCUT2D eigenvalue weighted by Gasteiger charge is -2.29. The molecule has 0 radical (unpaired) electrons. The van der Waals surface area contributed by atoms with E-state index in [1.54, 1.807) is 51.3 Å². The third-order valence-corrected chi connectivity index (χ3v) is 11.6. The Labute approximate surface area is 301 Å². The second kappa shape index (κ2) is 14.0. The fourth-order valence-corrected chi connectivity index (χ4v) is 8.06. The van der Waals surface area contributed by atoms with Crippen molar-refractivity contribution in [2.24, 2.45) is 7.05 Å². The third-order valence-electron chi connectivity index (χ3n) is 9.66. The summed E-state index contributed by atoms with van der Waals surface area (Å²) >= 11 is 0. The fraction of sp³-hybridized carbons (Fsp3) is 0.351. The number of carbonyl (C=O) groups excluding carboxylic acids is 2. The lowest BCUT2D eigenvalue weighted by molar-refractivity contribution is -0.132. The fourth-order valence-electron chi connectivity index (χ4n) is 6.79. The molecule has 2 aliphatic rings. The zero-order chi connectivity index (χ0) is 36.6. The lowest BCUT2D eigenvalue weighted by Crippen LogP contribution is -2.52. The van der Waals surface area contributed by atoms with Crippen molar-refractivity contribution in [1.29, 1.82) is 0 Å². The number of likely N-dealkylation sites (tertiary alicyclic amines) is 1. The number of anilines is 1. The van der Waals surface area contributed by atoms with Crippen molar-refractivity contribution in [3.05, 3.63) is 78.8 Å². The molecule has 14 nitrogen and oxygen atoms in total. The Morgan fingerprint density at radius 1 is 1.02 bits per heavy atom. The number of rotatable bonds is 10. The maximum absolute atomic E-state index is 13.9. The first-order valence-electron chi connectivity index (χ1n) is 17.2. The van der Waals surface area contributed by atoms with Crippen LogP contribution in [0.1, 0.15) is 32.3 Å². The zero-order valence-corrected chi connectivity index (χ0v) is 30.4. The van der Waals surface area contributed by atoms with Gasteiger partial charge in [-0.15, -0.1) is 0 Å². The molecule has 1 atom stereocenters. The van der Waals surface area contributed by atoms with Crippen molar-refractivity contribution < 1.29 is 22.7 Å². The highest BCUT2D eigenvalue weighted by atomic mass is 32.2. The minimum Gasteiger partial charge on any atom is -0.475 e. The number of H-pyrrole nitrogens is 1. The van der Waals surface area contributed by atoms with Gasteiger partial charge in [0.2, 0.25) is 17.7 Å². The topological polar surface area (TPSA) is 168 Å². The summed E-state index contributed by atoms with van der Waals surface area (Å²) in [5, 5.41) is 15.4. The van der Waals surface area contributed by atoms with Crippen molar-refractivity contribution >= 4 is 43.8 Å². The normalized spacial score (nSPS) is 18.2. The number of aromatic amines is 1. The molecule has 5 heterocycles. The summed E-state index contributed by atoms with van der Waals surface area (Å²) in [6, 6.07) is 17.0. The average molecular weight is 724 g/mol. The first-order valence-corrected chi connectivity index (χ1v) is 19.1. The molecule has 0 spiro atoms. The predicted octanol–water partition coefficient (Wildman–Crippen LogP) is 3.95. The summed E-state index contributed by atoms with van der Waals surface area (Å²) < 4.78 is 32.1. The van der Waals surface area contributed by atoms with Gasteiger partial charge in [0, 0.05) is 73.9 Å². The van der Waals surface area contributed by atoms with Gasteiger partial charge in [0.25, 0.3) is 0 Å². The number of ether oxygens (including phenoxy) is 1. The highest BCUT2D eigenvalue weighted by Crippen LogP contribution is 2.34. The number of carbonyl (C=O) groups is 2. The lowest BCUT2D eigenvalue weighted by atomic mass is 9.98. The molecule has 52 heavy (non-hydrogen) atoms. The molecule has 2 aliphatic heterocycles. The van der Waals surface area contributed by atoms with Crippen LogP contribution < -0.4 is 10.1 Å². The van der Waals surface area contributed by atoms with Gasteiger partial charge < -0.3 is 15.0 Å². The molecule has 0 bridgehead atoms. The molecule has 0 aliphatic carbocycles. The number of nitrogens with one attached hydrogen (secondary N) is 2. The minimum absolute atomic E-state index is 0.00778. The summed E-state index contributed by atoms with van der Waals surface area (Å²) in [4.78, 5) is 39.5. The summed E-state index contributed by atoms with van der Waals surface area (Å²) in [7, 11) is -2.04. The number of fused-ring (bicyclic) bond motifs is 1. The number of aromatic nitrogens is 6. The summed E-state index contributed by atoms with van der Waals surface area (Å²) in [6.07, 6.45) is 7.25. The van der Waals surface area contributed by atoms with Gasteiger partial charge in [0.05, 0.1) is 18.2 Å². The second-order valence-electron chi connectivity index (χ2n) is 13.7. The summed E-state index contributed by atoms with van der Waals surface area (Å²) in [6.45, 7) is 5.10. The molecular formula is C37H41N9O5S. The molecule has 2 N–H and O–H groups in total. The van der Waals surface area contributed by atoms with Crippen LogP contribution in [0.4, 0.5) is 5.69 Å². The Balaban J connectivity index is 0.996. The second-order valence-corrected chi connectivity index (χ2v) is 16.0. The Kier molecular flexibility index (Phi) is 9.40. The van der Waals surface area contributed by atoms with Gasteiger partial charge in [0.15, 0.2) is 20.4 Å². The highest BCUT2D eigenvalue weighted by Gasteiger charge is 2.53. The Bertz CT molecular complexity index is 2260. The zero-order valence-electron chi connectivity index (χ0n) is 29.5. The molecule has 1 fully saturated rings. The van der Waals surface area contributed by atoms with E-state index in [-0.39, 0.29) is 31.5 Å². The van der Waals surface area contributed by atoms with E-state index >= 15 is 0 Å². The van der Waals surface area contributed by atoms with Crippen LogP contribution in [0.5, 0.6) is 5.88 Å². The van der Waals surface area contributed by atoms with Gasteiger partial charge in [-0.05, 0) is 62.1 Å². The van der Waals surface area contributed by atoms with Crippen LogP contribution in [0.3, 0.4) is 0 Å². The molecule has 3 aromatic heterocycles. The Morgan fingerprint density at radius 3 is 2.44 bits per heavy atom. The van der Waals surface area contributed by atoms with Crippen LogP contribution in [0.25, 0.3) is 39.1 Å². The number of sulfone groups is 1. The number of amides is 2. The van der Waals surface area contributed by atoms with Crippen molar-refractivity contribution in [2.75, 3.05) is 44.3 Å².